The van der Waals surface area contributed by atoms with Crippen molar-refractivity contribution in [2.45, 2.75) is 45.3 Å². The first-order chi connectivity index (χ1) is 11.3. The van der Waals surface area contributed by atoms with Gasteiger partial charge in [-0.15, -0.1) is 0 Å². The van der Waals surface area contributed by atoms with Crippen LogP contribution in [0, 0.1) is 0 Å². The van der Waals surface area contributed by atoms with Gasteiger partial charge in [-0.1, -0.05) is 22.8 Å². The van der Waals surface area contributed by atoms with E-state index in [0.29, 0.717) is 42.3 Å². The minimum Gasteiger partial charge on any atom is -0.490 e. The molecular weight excluding hydrogens is 332 g/mol. The molecule has 0 aliphatic carbocycles. The summed E-state index contributed by atoms with van der Waals surface area (Å²) >= 11 is 6.10. The maximum Gasteiger partial charge on any atom is 0.410 e. The van der Waals surface area contributed by atoms with Gasteiger partial charge in [-0.25, -0.2) is 4.79 Å². The number of hydrogen-bond donors (Lipinski definition) is 1. The molecule has 1 fully saturated rings. The van der Waals surface area contributed by atoms with Crippen LogP contribution in [0.15, 0.2) is 23.4 Å². The van der Waals surface area contributed by atoms with E-state index >= 15 is 0 Å². The predicted molar refractivity (Wildman–Crippen MR) is 92.3 cm³/mol. The highest BCUT2D eigenvalue weighted by molar-refractivity contribution is 6.33. The van der Waals surface area contributed by atoms with E-state index in [0.717, 1.165) is 0 Å². The molecule has 0 unspecified atom stereocenters. The monoisotopic (exact) mass is 354 g/mol. The first-order valence-corrected chi connectivity index (χ1v) is 8.28. The van der Waals surface area contributed by atoms with Gasteiger partial charge in [0.25, 0.3) is 0 Å². The number of carbonyl (C=O) groups is 1. The number of nitrogens with zero attached hydrogens (tertiary/aromatic N) is 2. The average Bonchev–Trinajstić information content (AvgIpc) is 2.50. The number of likely N-dealkylation sites (tertiary alicyclic amines) is 1. The summed E-state index contributed by atoms with van der Waals surface area (Å²) in [6, 6.07) is 5.27. The largest absolute Gasteiger partial charge is 0.490 e. The molecule has 2 rings (SSSR count). The van der Waals surface area contributed by atoms with Crippen LogP contribution in [0.3, 0.4) is 0 Å². The molecule has 1 aliphatic heterocycles. The highest BCUT2D eigenvalue weighted by Crippen LogP contribution is 2.28. The molecule has 1 aromatic rings. The molecule has 1 aliphatic rings. The summed E-state index contributed by atoms with van der Waals surface area (Å²) in [6.07, 6.45) is 2.32. The fourth-order valence-electron chi connectivity index (χ4n) is 2.47. The smallest absolute Gasteiger partial charge is 0.410 e. The Labute approximate surface area is 147 Å². The molecule has 0 spiro atoms. The maximum atomic E-state index is 12.1. The van der Waals surface area contributed by atoms with E-state index in [2.05, 4.69) is 5.16 Å². The van der Waals surface area contributed by atoms with Gasteiger partial charge < -0.3 is 19.6 Å². The molecule has 0 atom stereocenters. The Bertz CT molecular complexity index is 605. The number of oxime groups is 1. The SMILES string of the molecule is CC(C)(C)OC(=O)N1CCC(Oc2cccc(Cl)c2C=NO)CC1. The number of piperidine rings is 1. The van der Waals surface area contributed by atoms with Gasteiger partial charge in [0, 0.05) is 25.9 Å². The van der Waals surface area contributed by atoms with Crippen LogP contribution in [0.25, 0.3) is 0 Å². The Morgan fingerprint density at radius 1 is 1.38 bits per heavy atom. The summed E-state index contributed by atoms with van der Waals surface area (Å²) in [5, 5.41) is 12.2. The van der Waals surface area contributed by atoms with E-state index in [1.54, 1.807) is 23.1 Å². The molecule has 0 saturated carbocycles. The lowest BCUT2D eigenvalue weighted by Gasteiger charge is -2.33. The van der Waals surface area contributed by atoms with Crippen LogP contribution in [0.5, 0.6) is 5.75 Å². The number of halogens is 1. The number of hydrogen-bond acceptors (Lipinski definition) is 5. The van der Waals surface area contributed by atoms with Crippen molar-refractivity contribution in [2.24, 2.45) is 5.16 Å². The van der Waals surface area contributed by atoms with Crippen LogP contribution in [0.2, 0.25) is 5.02 Å². The second kappa shape index (κ2) is 7.75. The second-order valence-corrected chi connectivity index (χ2v) is 7.09. The van der Waals surface area contributed by atoms with Crippen molar-refractivity contribution in [3.05, 3.63) is 28.8 Å². The lowest BCUT2D eigenvalue weighted by atomic mass is 10.1. The third kappa shape index (κ3) is 5.03. The molecule has 132 valence electrons. The van der Waals surface area contributed by atoms with E-state index < -0.39 is 5.60 Å². The summed E-state index contributed by atoms with van der Waals surface area (Å²) < 4.78 is 11.4. The molecule has 7 heteroatoms. The van der Waals surface area contributed by atoms with Crippen LogP contribution in [0.1, 0.15) is 39.2 Å². The minimum atomic E-state index is -0.496. The van der Waals surface area contributed by atoms with Crippen molar-refractivity contribution < 1.29 is 19.5 Å². The lowest BCUT2D eigenvalue weighted by molar-refractivity contribution is 0.0126. The summed E-state index contributed by atoms with van der Waals surface area (Å²) in [5.41, 5.74) is 0.0419. The normalized spacial score (nSPS) is 16.4. The van der Waals surface area contributed by atoms with Gasteiger partial charge in [0.1, 0.15) is 17.5 Å². The highest BCUT2D eigenvalue weighted by Gasteiger charge is 2.28. The van der Waals surface area contributed by atoms with Crippen molar-refractivity contribution in [3.8, 4) is 5.75 Å². The van der Waals surface area contributed by atoms with Crippen molar-refractivity contribution in [1.82, 2.24) is 4.90 Å². The molecule has 1 N–H and O–H groups in total. The summed E-state index contributed by atoms with van der Waals surface area (Å²) in [7, 11) is 0. The zero-order chi connectivity index (χ0) is 17.7. The van der Waals surface area contributed by atoms with Crippen LogP contribution >= 0.6 is 11.6 Å². The Balaban J connectivity index is 1.94. The van der Waals surface area contributed by atoms with Crippen LogP contribution in [-0.4, -0.2) is 47.2 Å². The Kier molecular flexibility index (Phi) is 5.94. The summed E-state index contributed by atoms with van der Waals surface area (Å²) in [6.45, 7) is 6.70. The molecule has 1 heterocycles. The number of rotatable bonds is 3. The quantitative estimate of drug-likeness (QED) is 0.507. The maximum absolute atomic E-state index is 12.1. The highest BCUT2D eigenvalue weighted by atomic mass is 35.5. The molecule has 6 nitrogen and oxygen atoms in total. The number of carbonyl (C=O) groups excluding carboxylic acids is 1. The van der Waals surface area contributed by atoms with Gasteiger partial charge in [0.2, 0.25) is 0 Å². The van der Waals surface area contributed by atoms with Gasteiger partial charge in [-0.05, 0) is 32.9 Å². The number of amides is 1. The topological polar surface area (TPSA) is 71.4 Å². The van der Waals surface area contributed by atoms with E-state index in [-0.39, 0.29) is 12.2 Å². The molecule has 24 heavy (non-hydrogen) atoms. The fourth-order valence-corrected chi connectivity index (χ4v) is 2.68. The first kappa shape index (κ1) is 18.4. The van der Waals surface area contributed by atoms with Gasteiger partial charge in [-0.3, -0.25) is 0 Å². The molecule has 1 saturated heterocycles. The van der Waals surface area contributed by atoms with Gasteiger partial charge in [0.05, 0.1) is 16.8 Å². The van der Waals surface area contributed by atoms with Crippen molar-refractivity contribution >= 4 is 23.9 Å². The molecular formula is C17H23ClN2O4. The van der Waals surface area contributed by atoms with Crippen molar-refractivity contribution in [2.75, 3.05) is 13.1 Å². The molecule has 0 bridgehead atoms. The first-order valence-electron chi connectivity index (χ1n) is 7.90. The third-order valence-electron chi connectivity index (χ3n) is 3.59. The standard InChI is InChI=1S/C17H23ClN2O4/c1-17(2,3)24-16(21)20-9-7-12(8-10-20)23-15-6-4-5-14(18)13(15)11-19-22/h4-6,11-12,22H,7-10H2,1-3H3. The van der Waals surface area contributed by atoms with E-state index in [1.807, 2.05) is 20.8 Å². The van der Waals surface area contributed by atoms with Crippen LogP contribution in [-0.2, 0) is 4.74 Å². The van der Waals surface area contributed by atoms with E-state index in [4.69, 9.17) is 26.3 Å². The Morgan fingerprint density at radius 2 is 2.04 bits per heavy atom. The number of ether oxygens (including phenoxy) is 2. The zero-order valence-corrected chi connectivity index (χ0v) is 14.9. The fraction of sp³-hybridized carbons (Fsp3) is 0.529. The Morgan fingerprint density at radius 3 is 2.62 bits per heavy atom. The Hall–Kier alpha value is -1.95. The summed E-state index contributed by atoms with van der Waals surface area (Å²) in [5.74, 6) is 0.566. The van der Waals surface area contributed by atoms with E-state index in [1.165, 1.54) is 6.21 Å². The van der Waals surface area contributed by atoms with Crippen molar-refractivity contribution in [3.63, 3.8) is 0 Å². The molecule has 1 amide bonds. The lowest BCUT2D eigenvalue weighted by Crippen LogP contribution is -2.44. The summed E-state index contributed by atoms with van der Waals surface area (Å²) in [4.78, 5) is 13.8. The van der Waals surface area contributed by atoms with Gasteiger partial charge in [0.15, 0.2) is 0 Å². The zero-order valence-electron chi connectivity index (χ0n) is 14.2. The van der Waals surface area contributed by atoms with E-state index in [9.17, 15) is 4.79 Å². The van der Waals surface area contributed by atoms with Gasteiger partial charge >= 0.3 is 6.09 Å². The third-order valence-corrected chi connectivity index (χ3v) is 3.92. The molecule has 1 aromatic carbocycles. The van der Waals surface area contributed by atoms with Crippen LogP contribution in [0.4, 0.5) is 4.79 Å². The number of benzene rings is 1. The average molecular weight is 355 g/mol. The van der Waals surface area contributed by atoms with Gasteiger partial charge in [-0.2, -0.15) is 0 Å². The molecule has 0 radical (unpaired) electrons. The molecule has 0 aromatic heterocycles. The second-order valence-electron chi connectivity index (χ2n) is 6.68. The minimum absolute atomic E-state index is 0.0343. The van der Waals surface area contributed by atoms with Crippen LogP contribution < -0.4 is 4.74 Å². The predicted octanol–water partition coefficient (Wildman–Crippen LogP) is 3.93. The van der Waals surface area contributed by atoms with Crippen molar-refractivity contribution in [1.29, 1.82) is 0 Å².